The summed E-state index contributed by atoms with van der Waals surface area (Å²) in [5.74, 6) is -0.930. The fourth-order valence-electron chi connectivity index (χ4n) is 3.46. The summed E-state index contributed by atoms with van der Waals surface area (Å²) in [6.07, 6.45) is 0. The van der Waals surface area contributed by atoms with Crippen molar-refractivity contribution in [3.63, 3.8) is 0 Å². The van der Waals surface area contributed by atoms with Gasteiger partial charge in [0.2, 0.25) is 0 Å². The van der Waals surface area contributed by atoms with Crippen LogP contribution in [0.3, 0.4) is 0 Å². The molecule has 1 fully saturated rings. The number of fused-ring (bicyclic) bond motifs is 1. The largest absolute Gasteiger partial charge is 0.345 e. The van der Waals surface area contributed by atoms with Crippen LogP contribution >= 0.6 is 22.9 Å². The molecule has 1 saturated heterocycles. The number of halogens is 2. The van der Waals surface area contributed by atoms with E-state index in [4.69, 9.17) is 16.6 Å². The summed E-state index contributed by atoms with van der Waals surface area (Å²) >= 11 is 7.71. The maximum atomic E-state index is 14.0. The molecule has 4 rings (SSSR count). The van der Waals surface area contributed by atoms with Crippen molar-refractivity contribution in [1.82, 2.24) is 9.88 Å². The lowest BCUT2D eigenvalue weighted by Crippen LogP contribution is -2.49. The lowest BCUT2D eigenvalue weighted by atomic mass is 10.1. The molecule has 1 aromatic heterocycles. The van der Waals surface area contributed by atoms with Crippen molar-refractivity contribution in [3.8, 4) is 0 Å². The Hall–Kier alpha value is -2.18. The highest BCUT2D eigenvalue weighted by atomic mass is 35.5. The molecule has 140 valence electrons. The summed E-state index contributed by atoms with van der Waals surface area (Å²) in [5.41, 5.74) is 3.40. The summed E-state index contributed by atoms with van der Waals surface area (Å²) in [4.78, 5) is 21.3. The molecule has 0 N–H and O–H groups in total. The van der Waals surface area contributed by atoms with Crippen LogP contribution in [0.25, 0.3) is 10.2 Å². The molecule has 0 unspecified atom stereocenters. The van der Waals surface area contributed by atoms with Crippen LogP contribution in [-0.4, -0.2) is 42.0 Å². The second-order valence-corrected chi connectivity index (χ2v) is 8.22. The first-order valence-electron chi connectivity index (χ1n) is 8.80. The number of aromatic nitrogens is 1. The number of rotatable bonds is 2. The Morgan fingerprint density at radius 2 is 1.93 bits per heavy atom. The predicted molar refractivity (Wildman–Crippen MR) is 109 cm³/mol. The first-order chi connectivity index (χ1) is 12.9. The monoisotopic (exact) mass is 403 g/mol. The smallest absolute Gasteiger partial charge is 0.258 e. The molecule has 7 heteroatoms. The van der Waals surface area contributed by atoms with Gasteiger partial charge in [-0.05, 0) is 43.2 Å². The molecular formula is C20H19ClFN3OS. The van der Waals surface area contributed by atoms with Crippen molar-refractivity contribution >= 4 is 44.2 Å². The summed E-state index contributed by atoms with van der Waals surface area (Å²) < 4.78 is 15.2. The number of carbonyl (C=O) groups excluding carboxylic acids is 1. The Morgan fingerprint density at radius 1 is 1.19 bits per heavy atom. The number of amides is 1. The Morgan fingerprint density at radius 3 is 2.63 bits per heavy atom. The number of nitrogens with zero attached hydrogens (tertiary/aromatic N) is 3. The minimum Gasteiger partial charge on any atom is -0.345 e. The van der Waals surface area contributed by atoms with E-state index in [2.05, 4.69) is 30.9 Å². The fourth-order valence-corrected chi connectivity index (χ4v) is 4.89. The lowest BCUT2D eigenvalue weighted by Gasteiger charge is -2.34. The predicted octanol–water partition coefficient (Wildman–Crippen LogP) is 4.67. The van der Waals surface area contributed by atoms with Gasteiger partial charge in [-0.2, -0.15) is 0 Å². The normalized spacial score (nSPS) is 14.8. The van der Waals surface area contributed by atoms with Crippen LogP contribution in [0, 0.1) is 19.7 Å². The number of anilines is 1. The van der Waals surface area contributed by atoms with Gasteiger partial charge in [-0.25, -0.2) is 9.37 Å². The lowest BCUT2D eigenvalue weighted by molar-refractivity contribution is 0.0742. The van der Waals surface area contributed by atoms with Gasteiger partial charge in [-0.3, -0.25) is 4.79 Å². The topological polar surface area (TPSA) is 36.4 Å². The molecule has 0 atom stereocenters. The minimum absolute atomic E-state index is 0.0429. The highest BCUT2D eigenvalue weighted by molar-refractivity contribution is 7.22. The number of hydrogen-bond donors (Lipinski definition) is 0. The molecule has 0 saturated carbocycles. The summed E-state index contributed by atoms with van der Waals surface area (Å²) in [5, 5.41) is 1.12. The highest BCUT2D eigenvalue weighted by Gasteiger charge is 2.27. The zero-order valence-corrected chi connectivity index (χ0v) is 16.7. The second kappa shape index (κ2) is 7.09. The average molecular weight is 404 g/mol. The van der Waals surface area contributed by atoms with Crippen molar-refractivity contribution in [2.24, 2.45) is 0 Å². The molecule has 27 heavy (non-hydrogen) atoms. The number of piperazine rings is 1. The molecular weight excluding hydrogens is 385 g/mol. The molecule has 1 amide bonds. The zero-order valence-electron chi connectivity index (χ0n) is 15.1. The number of benzene rings is 2. The summed E-state index contributed by atoms with van der Waals surface area (Å²) in [7, 11) is 0. The fraction of sp³-hybridized carbons (Fsp3) is 0.300. The van der Waals surface area contributed by atoms with E-state index in [1.807, 2.05) is 0 Å². The number of hydrogen-bond acceptors (Lipinski definition) is 4. The molecule has 0 spiro atoms. The van der Waals surface area contributed by atoms with Crippen LogP contribution in [0.15, 0.2) is 30.3 Å². The van der Waals surface area contributed by atoms with Gasteiger partial charge in [-0.1, -0.05) is 35.1 Å². The van der Waals surface area contributed by atoms with Crippen LogP contribution in [-0.2, 0) is 0 Å². The maximum absolute atomic E-state index is 14.0. The van der Waals surface area contributed by atoms with E-state index in [1.165, 1.54) is 28.0 Å². The Kier molecular flexibility index (Phi) is 4.78. The van der Waals surface area contributed by atoms with Gasteiger partial charge in [0.25, 0.3) is 5.91 Å². The van der Waals surface area contributed by atoms with Gasteiger partial charge in [0.1, 0.15) is 5.82 Å². The molecule has 1 aliphatic rings. The Balaban J connectivity index is 1.51. The van der Waals surface area contributed by atoms with Crippen LogP contribution in [0.4, 0.5) is 9.52 Å². The van der Waals surface area contributed by atoms with Crippen molar-refractivity contribution < 1.29 is 9.18 Å². The maximum Gasteiger partial charge on any atom is 0.258 e. The summed E-state index contributed by atoms with van der Waals surface area (Å²) in [6.45, 7) is 6.51. The first kappa shape index (κ1) is 18.2. The third-order valence-corrected chi connectivity index (χ3v) is 6.21. The van der Waals surface area contributed by atoms with Gasteiger partial charge in [0, 0.05) is 26.2 Å². The van der Waals surface area contributed by atoms with Gasteiger partial charge < -0.3 is 9.80 Å². The number of thiazole rings is 1. The van der Waals surface area contributed by atoms with Gasteiger partial charge >= 0.3 is 0 Å². The molecule has 3 aromatic rings. The highest BCUT2D eigenvalue weighted by Crippen LogP contribution is 2.32. The van der Waals surface area contributed by atoms with E-state index in [0.29, 0.717) is 26.2 Å². The molecule has 0 radical (unpaired) electrons. The van der Waals surface area contributed by atoms with E-state index in [9.17, 15) is 9.18 Å². The third kappa shape index (κ3) is 3.39. The van der Waals surface area contributed by atoms with Crippen molar-refractivity contribution in [1.29, 1.82) is 0 Å². The molecule has 2 aromatic carbocycles. The Bertz CT molecular complexity index is 1010. The molecule has 0 aliphatic carbocycles. The van der Waals surface area contributed by atoms with Gasteiger partial charge in [0.05, 0.1) is 20.8 Å². The van der Waals surface area contributed by atoms with E-state index >= 15 is 0 Å². The van der Waals surface area contributed by atoms with Crippen molar-refractivity contribution in [2.75, 3.05) is 31.1 Å². The van der Waals surface area contributed by atoms with Crippen LogP contribution < -0.4 is 4.90 Å². The van der Waals surface area contributed by atoms with Crippen molar-refractivity contribution in [3.05, 3.63) is 57.9 Å². The molecule has 2 heterocycles. The standard InChI is InChI=1S/C20H19ClFN3OS/c1-12-10-13(2)18-16(11-12)27-20(23-18)25-8-6-24(7-9-25)19(26)17-14(21)4-3-5-15(17)22/h3-5,10-11H,6-9H2,1-2H3. The molecule has 4 nitrogen and oxygen atoms in total. The van der Waals surface area contributed by atoms with Crippen LogP contribution in [0.5, 0.6) is 0 Å². The second-order valence-electron chi connectivity index (χ2n) is 6.80. The van der Waals surface area contributed by atoms with Crippen molar-refractivity contribution in [2.45, 2.75) is 13.8 Å². The van der Waals surface area contributed by atoms with E-state index in [0.717, 1.165) is 10.6 Å². The van der Waals surface area contributed by atoms with E-state index in [1.54, 1.807) is 22.3 Å². The molecule has 0 bridgehead atoms. The molecule has 1 aliphatic heterocycles. The van der Waals surface area contributed by atoms with E-state index in [-0.39, 0.29) is 16.5 Å². The van der Waals surface area contributed by atoms with Crippen LogP contribution in [0.2, 0.25) is 5.02 Å². The number of aryl methyl sites for hydroxylation is 2. The zero-order chi connectivity index (χ0) is 19.1. The number of carbonyl (C=O) groups is 1. The SMILES string of the molecule is Cc1cc(C)c2nc(N3CCN(C(=O)c4c(F)cccc4Cl)CC3)sc2c1. The average Bonchev–Trinajstić information content (AvgIpc) is 3.06. The van der Waals surface area contributed by atoms with Crippen LogP contribution in [0.1, 0.15) is 21.5 Å². The Labute approximate surface area is 166 Å². The van der Waals surface area contributed by atoms with Gasteiger partial charge in [-0.15, -0.1) is 0 Å². The summed E-state index contributed by atoms with van der Waals surface area (Å²) in [6, 6.07) is 8.60. The third-order valence-electron chi connectivity index (χ3n) is 4.83. The van der Waals surface area contributed by atoms with E-state index < -0.39 is 5.82 Å². The quantitative estimate of drug-likeness (QED) is 0.624. The van der Waals surface area contributed by atoms with Gasteiger partial charge in [0.15, 0.2) is 5.13 Å². The minimum atomic E-state index is -0.577. The first-order valence-corrected chi connectivity index (χ1v) is 9.99.